The van der Waals surface area contributed by atoms with Crippen molar-refractivity contribution >= 4 is 0 Å². The summed E-state index contributed by atoms with van der Waals surface area (Å²) >= 11 is 0. The van der Waals surface area contributed by atoms with E-state index in [-0.39, 0.29) is 12.1 Å². The van der Waals surface area contributed by atoms with Crippen LogP contribution in [0.1, 0.15) is 32.1 Å². The molecule has 0 spiro atoms. The zero-order valence-corrected chi connectivity index (χ0v) is 5.77. The van der Waals surface area contributed by atoms with Crippen LogP contribution in [0.15, 0.2) is 0 Å². The van der Waals surface area contributed by atoms with Gasteiger partial charge in [-0.1, -0.05) is 12.8 Å². The number of hydrogen-bond acceptors (Lipinski definition) is 2. The quantitative estimate of drug-likeness (QED) is 0.574. The maximum atomic E-state index is 8.61. The Bertz CT molecular complexity index is 86.9. The lowest BCUT2D eigenvalue weighted by atomic mass is 9.96. The van der Waals surface area contributed by atoms with Crippen LogP contribution in [0.25, 0.3) is 0 Å². The van der Waals surface area contributed by atoms with E-state index in [1.54, 1.807) is 0 Å². The molecule has 0 radical (unpaired) electrons. The summed E-state index contributed by atoms with van der Waals surface area (Å²) in [7, 11) is 0. The largest absolute Gasteiger partial charge is 0.396 e. The molecule has 0 aromatic rings. The highest BCUT2D eigenvalue weighted by Crippen LogP contribution is 2.29. The Labute approximate surface area is 56.1 Å². The molecule has 0 heterocycles. The third-order valence-electron chi connectivity index (χ3n) is 2.21. The van der Waals surface area contributed by atoms with Gasteiger partial charge in [-0.25, -0.2) is 0 Å². The number of aliphatic hydroxyl groups is 1. The van der Waals surface area contributed by atoms with Crippen molar-refractivity contribution in [2.75, 3.05) is 6.61 Å². The van der Waals surface area contributed by atoms with Crippen molar-refractivity contribution in [3.8, 4) is 0 Å². The molecule has 0 unspecified atom stereocenters. The fourth-order valence-electron chi connectivity index (χ4n) is 1.55. The van der Waals surface area contributed by atoms with Crippen LogP contribution in [0.2, 0.25) is 0 Å². The molecule has 0 aromatic carbocycles. The predicted octanol–water partition coefficient (Wildman–Crippen LogP) is 0.640. The van der Waals surface area contributed by atoms with Crippen molar-refractivity contribution in [1.29, 1.82) is 0 Å². The van der Waals surface area contributed by atoms with Crippen LogP contribution in [0, 0.1) is 0 Å². The van der Waals surface area contributed by atoms with E-state index in [2.05, 4.69) is 0 Å². The Morgan fingerprint density at radius 3 is 2.33 bits per heavy atom. The first-order chi connectivity index (χ1) is 4.27. The van der Waals surface area contributed by atoms with Crippen molar-refractivity contribution in [2.24, 2.45) is 5.73 Å². The second kappa shape index (κ2) is 2.67. The first-order valence-corrected chi connectivity index (χ1v) is 3.67. The van der Waals surface area contributed by atoms with Crippen molar-refractivity contribution in [2.45, 2.75) is 37.6 Å². The van der Waals surface area contributed by atoms with Crippen LogP contribution < -0.4 is 5.73 Å². The standard InChI is InChI=1S/C7H15NO/c8-7(5-6-9)3-1-2-4-7/h9H,1-6,8H2. The van der Waals surface area contributed by atoms with Crippen LogP contribution in [-0.4, -0.2) is 17.3 Å². The van der Waals surface area contributed by atoms with E-state index in [9.17, 15) is 0 Å². The number of rotatable bonds is 2. The van der Waals surface area contributed by atoms with Gasteiger partial charge >= 0.3 is 0 Å². The fraction of sp³-hybridized carbons (Fsp3) is 1.00. The van der Waals surface area contributed by atoms with Crippen LogP contribution in [-0.2, 0) is 0 Å². The number of hydrogen-bond donors (Lipinski definition) is 2. The summed E-state index contributed by atoms with van der Waals surface area (Å²) < 4.78 is 0. The van der Waals surface area contributed by atoms with Gasteiger partial charge in [0.05, 0.1) is 0 Å². The van der Waals surface area contributed by atoms with Crippen LogP contribution in [0.3, 0.4) is 0 Å². The molecular formula is C7H15NO. The molecule has 0 aliphatic heterocycles. The minimum Gasteiger partial charge on any atom is -0.396 e. The van der Waals surface area contributed by atoms with Crippen LogP contribution in [0.5, 0.6) is 0 Å². The lowest BCUT2D eigenvalue weighted by Crippen LogP contribution is -2.37. The van der Waals surface area contributed by atoms with E-state index >= 15 is 0 Å². The van der Waals surface area contributed by atoms with Gasteiger partial charge in [-0.05, 0) is 19.3 Å². The van der Waals surface area contributed by atoms with Crippen LogP contribution >= 0.6 is 0 Å². The highest BCUT2D eigenvalue weighted by atomic mass is 16.3. The van der Waals surface area contributed by atoms with E-state index in [1.165, 1.54) is 12.8 Å². The molecule has 0 amide bonds. The lowest BCUT2D eigenvalue weighted by molar-refractivity contribution is 0.239. The maximum absolute atomic E-state index is 8.61. The van der Waals surface area contributed by atoms with Gasteiger partial charge in [-0.2, -0.15) is 0 Å². The molecule has 54 valence electrons. The minimum atomic E-state index is -0.00521. The SMILES string of the molecule is NC1(CCO)CCCC1. The molecule has 2 nitrogen and oxygen atoms in total. The maximum Gasteiger partial charge on any atom is 0.0448 e. The Morgan fingerprint density at radius 1 is 1.33 bits per heavy atom. The second-order valence-electron chi connectivity index (χ2n) is 3.04. The third-order valence-corrected chi connectivity index (χ3v) is 2.21. The monoisotopic (exact) mass is 129 g/mol. The minimum absolute atomic E-state index is 0.00521. The highest BCUT2D eigenvalue weighted by Gasteiger charge is 2.27. The summed E-state index contributed by atoms with van der Waals surface area (Å²) in [5.74, 6) is 0. The normalized spacial score (nSPS) is 24.7. The van der Waals surface area contributed by atoms with E-state index in [4.69, 9.17) is 10.8 Å². The summed E-state index contributed by atoms with van der Waals surface area (Å²) in [4.78, 5) is 0. The average Bonchev–Trinajstić information content (AvgIpc) is 2.16. The topological polar surface area (TPSA) is 46.2 Å². The molecule has 1 aliphatic rings. The summed E-state index contributed by atoms with van der Waals surface area (Å²) in [5, 5.41) is 8.61. The molecule has 3 N–H and O–H groups in total. The molecule has 1 aliphatic carbocycles. The summed E-state index contributed by atoms with van der Waals surface area (Å²) in [6, 6.07) is 0. The molecule has 9 heavy (non-hydrogen) atoms. The molecule has 0 atom stereocenters. The smallest absolute Gasteiger partial charge is 0.0448 e. The van der Waals surface area contributed by atoms with Gasteiger partial charge in [-0.3, -0.25) is 0 Å². The van der Waals surface area contributed by atoms with Crippen molar-refractivity contribution in [3.63, 3.8) is 0 Å². The van der Waals surface area contributed by atoms with E-state index in [0.717, 1.165) is 19.3 Å². The molecule has 0 bridgehead atoms. The van der Waals surface area contributed by atoms with Gasteiger partial charge in [0.15, 0.2) is 0 Å². The first-order valence-electron chi connectivity index (χ1n) is 3.67. The molecule has 0 saturated heterocycles. The zero-order valence-electron chi connectivity index (χ0n) is 5.77. The summed E-state index contributed by atoms with van der Waals surface area (Å²) in [5.41, 5.74) is 5.90. The fourth-order valence-corrected chi connectivity index (χ4v) is 1.55. The number of nitrogens with two attached hydrogens (primary N) is 1. The highest BCUT2D eigenvalue weighted by molar-refractivity contribution is 4.88. The van der Waals surface area contributed by atoms with Gasteiger partial charge in [0.25, 0.3) is 0 Å². The lowest BCUT2D eigenvalue weighted by Gasteiger charge is -2.21. The van der Waals surface area contributed by atoms with Crippen molar-refractivity contribution in [1.82, 2.24) is 0 Å². The average molecular weight is 129 g/mol. The predicted molar refractivity (Wildman–Crippen MR) is 37.1 cm³/mol. The third kappa shape index (κ3) is 1.66. The van der Waals surface area contributed by atoms with Gasteiger partial charge in [0.2, 0.25) is 0 Å². The summed E-state index contributed by atoms with van der Waals surface area (Å²) in [6.45, 7) is 0.247. The van der Waals surface area contributed by atoms with Crippen LogP contribution in [0.4, 0.5) is 0 Å². The van der Waals surface area contributed by atoms with Gasteiger partial charge in [0.1, 0.15) is 0 Å². The molecule has 2 heteroatoms. The van der Waals surface area contributed by atoms with Crippen molar-refractivity contribution in [3.05, 3.63) is 0 Å². The molecule has 1 fully saturated rings. The molecule has 1 rings (SSSR count). The Kier molecular flexibility index (Phi) is 2.09. The van der Waals surface area contributed by atoms with Gasteiger partial charge in [0, 0.05) is 12.1 Å². The Hall–Kier alpha value is -0.0800. The van der Waals surface area contributed by atoms with E-state index < -0.39 is 0 Å². The Balaban J connectivity index is 2.32. The zero-order chi connectivity index (χ0) is 6.74. The molecule has 1 saturated carbocycles. The second-order valence-corrected chi connectivity index (χ2v) is 3.04. The molecular weight excluding hydrogens is 114 g/mol. The summed E-state index contributed by atoms with van der Waals surface area (Å²) in [6.07, 6.45) is 5.49. The number of aliphatic hydroxyl groups excluding tert-OH is 1. The van der Waals surface area contributed by atoms with Gasteiger partial charge in [-0.15, -0.1) is 0 Å². The van der Waals surface area contributed by atoms with Crippen molar-refractivity contribution < 1.29 is 5.11 Å². The van der Waals surface area contributed by atoms with E-state index in [0.29, 0.717) is 0 Å². The first kappa shape index (κ1) is 7.03. The van der Waals surface area contributed by atoms with E-state index in [1.807, 2.05) is 0 Å². The van der Waals surface area contributed by atoms with Gasteiger partial charge < -0.3 is 10.8 Å². The Morgan fingerprint density at radius 2 is 1.89 bits per heavy atom. The molecule has 0 aromatic heterocycles.